The van der Waals surface area contributed by atoms with Crippen molar-refractivity contribution in [3.05, 3.63) is 29.5 Å². The van der Waals surface area contributed by atoms with E-state index >= 15 is 0 Å². The Morgan fingerprint density at radius 1 is 1.09 bits per heavy atom. The van der Waals surface area contributed by atoms with Gasteiger partial charge in [0.25, 0.3) is 0 Å². The van der Waals surface area contributed by atoms with Crippen molar-refractivity contribution in [2.24, 2.45) is 0 Å². The summed E-state index contributed by atoms with van der Waals surface area (Å²) in [5.41, 5.74) is 1.79. The van der Waals surface area contributed by atoms with Gasteiger partial charge in [0.05, 0.1) is 38.5 Å². The fourth-order valence-electron chi connectivity index (χ4n) is 2.53. The third-order valence-corrected chi connectivity index (χ3v) is 4.89. The summed E-state index contributed by atoms with van der Waals surface area (Å²) >= 11 is 1.51. The second kappa shape index (κ2) is 6.41. The molecule has 0 aliphatic carbocycles. The van der Waals surface area contributed by atoms with Crippen LogP contribution in [0.3, 0.4) is 0 Å². The van der Waals surface area contributed by atoms with E-state index in [1.165, 1.54) is 11.8 Å². The van der Waals surface area contributed by atoms with Crippen molar-refractivity contribution < 1.29 is 19.0 Å². The summed E-state index contributed by atoms with van der Waals surface area (Å²) in [7, 11) is 4.77. The lowest BCUT2D eigenvalue weighted by Gasteiger charge is -2.19. The van der Waals surface area contributed by atoms with E-state index in [9.17, 15) is 4.79 Å². The van der Waals surface area contributed by atoms with Crippen LogP contribution in [0.15, 0.2) is 18.3 Å². The SMILES string of the molecule is COc1cc(OC)c([C@@H]2SCC(=O)Nc3[nH]ncc32)cc1OC. The number of hydrogen-bond donors (Lipinski definition) is 2. The molecule has 0 spiro atoms. The molecule has 1 atom stereocenters. The normalized spacial score (nSPS) is 17.0. The van der Waals surface area contributed by atoms with Crippen molar-refractivity contribution in [3.8, 4) is 17.2 Å². The standard InChI is InChI=1S/C15H17N3O4S/c1-20-10-5-12(22-3)11(21-2)4-8(10)14-9-6-16-18-15(9)17-13(19)7-23-14/h4-6,14H,7H2,1-3H3,(H2,16,17,18,19)/t14-/m0/s1. The number of amides is 1. The molecule has 8 heteroatoms. The number of carbonyl (C=O) groups is 1. The maximum atomic E-state index is 11.8. The number of nitrogens with one attached hydrogen (secondary N) is 2. The molecular formula is C15H17N3O4S. The highest BCUT2D eigenvalue weighted by atomic mass is 32.2. The largest absolute Gasteiger partial charge is 0.496 e. The summed E-state index contributed by atoms with van der Waals surface area (Å²) in [4.78, 5) is 11.8. The van der Waals surface area contributed by atoms with Crippen molar-refractivity contribution >= 4 is 23.5 Å². The number of H-pyrrole nitrogens is 1. The zero-order valence-corrected chi connectivity index (χ0v) is 13.8. The lowest BCUT2D eigenvalue weighted by Crippen LogP contribution is -2.12. The number of methoxy groups -OCH3 is 3. The second-order valence-electron chi connectivity index (χ2n) is 4.89. The summed E-state index contributed by atoms with van der Waals surface area (Å²) in [6, 6.07) is 3.66. The van der Waals surface area contributed by atoms with Gasteiger partial charge in [-0.25, -0.2) is 0 Å². The fourth-order valence-corrected chi connectivity index (χ4v) is 3.65. The van der Waals surface area contributed by atoms with E-state index in [2.05, 4.69) is 15.5 Å². The smallest absolute Gasteiger partial charge is 0.235 e. The molecule has 0 unspecified atom stereocenters. The van der Waals surface area contributed by atoms with Gasteiger partial charge in [-0.05, 0) is 6.07 Å². The molecule has 2 heterocycles. The summed E-state index contributed by atoms with van der Waals surface area (Å²) in [6.07, 6.45) is 1.72. The molecule has 1 aliphatic heterocycles. The van der Waals surface area contributed by atoms with Crippen LogP contribution in [-0.4, -0.2) is 43.2 Å². The number of aromatic nitrogens is 2. The number of nitrogens with zero attached hydrogens (tertiary/aromatic N) is 1. The topological polar surface area (TPSA) is 85.5 Å². The van der Waals surface area contributed by atoms with Crippen molar-refractivity contribution in [2.75, 3.05) is 32.4 Å². The third kappa shape index (κ3) is 2.81. The lowest BCUT2D eigenvalue weighted by molar-refractivity contribution is -0.113. The average Bonchev–Trinajstić information content (AvgIpc) is 2.96. The van der Waals surface area contributed by atoms with E-state index < -0.39 is 0 Å². The maximum Gasteiger partial charge on any atom is 0.235 e. The van der Waals surface area contributed by atoms with Crippen molar-refractivity contribution in [1.29, 1.82) is 0 Å². The Morgan fingerprint density at radius 2 is 1.78 bits per heavy atom. The highest BCUT2D eigenvalue weighted by Crippen LogP contribution is 2.47. The molecule has 7 nitrogen and oxygen atoms in total. The number of ether oxygens (including phenoxy) is 3. The zero-order valence-electron chi connectivity index (χ0n) is 13.0. The first-order valence-corrected chi connectivity index (χ1v) is 7.97. The molecule has 0 saturated heterocycles. The molecule has 0 radical (unpaired) electrons. The molecule has 1 aliphatic rings. The highest BCUT2D eigenvalue weighted by Gasteiger charge is 2.29. The van der Waals surface area contributed by atoms with Gasteiger partial charge in [0, 0.05) is 17.2 Å². The number of rotatable bonds is 4. The predicted octanol–water partition coefficient (Wildman–Crippen LogP) is 2.21. The van der Waals surface area contributed by atoms with Crippen LogP contribution in [0, 0.1) is 0 Å². The quantitative estimate of drug-likeness (QED) is 0.891. The maximum absolute atomic E-state index is 11.8. The Balaban J connectivity index is 2.12. The number of aromatic amines is 1. The summed E-state index contributed by atoms with van der Waals surface area (Å²) in [5.74, 6) is 2.75. The van der Waals surface area contributed by atoms with Gasteiger partial charge in [0.15, 0.2) is 11.5 Å². The summed E-state index contributed by atoms with van der Waals surface area (Å²) in [5, 5.41) is 9.56. The molecule has 1 amide bonds. The Morgan fingerprint density at radius 3 is 2.48 bits per heavy atom. The molecule has 0 saturated carbocycles. The van der Waals surface area contributed by atoms with E-state index in [1.807, 2.05) is 6.07 Å². The van der Waals surface area contributed by atoms with E-state index in [4.69, 9.17) is 14.2 Å². The van der Waals surface area contributed by atoms with Gasteiger partial charge >= 0.3 is 0 Å². The highest BCUT2D eigenvalue weighted by molar-refractivity contribution is 8.00. The van der Waals surface area contributed by atoms with Crippen molar-refractivity contribution in [1.82, 2.24) is 10.2 Å². The predicted molar refractivity (Wildman–Crippen MR) is 87.6 cm³/mol. The van der Waals surface area contributed by atoms with E-state index in [1.54, 1.807) is 33.6 Å². The fraction of sp³-hybridized carbons (Fsp3) is 0.333. The first-order valence-electron chi connectivity index (χ1n) is 6.92. The first-order chi connectivity index (χ1) is 11.2. The van der Waals surface area contributed by atoms with E-state index in [0.29, 0.717) is 28.8 Å². The van der Waals surface area contributed by atoms with Gasteiger partial charge in [-0.15, -0.1) is 11.8 Å². The molecule has 122 valence electrons. The van der Waals surface area contributed by atoms with Gasteiger partial charge in [-0.1, -0.05) is 0 Å². The van der Waals surface area contributed by atoms with Crippen molar-refractivity contribution in [2.45, 2.75) is 5.25 Å². The molecule has 2 aromatic rings. The molecule has 1 aromatic heterocycles. The van der Waals surface area contributed by atoms with Crippen LogP contribution in [-0.2, 0) is 4.79 Å². The number of anilines is 1. The second-order valence-corrected chi connectivity index (χ2v) is 5.98. The first kappa shape index (κ1) is 15.5. The minimum Gasteiger partial charge on any atom is -0.496 e. The van der Waals surface area contributed by atoms with Gasteiger partial charge in [-0.3, -0.25) is 9.89 Å². The van der Waals surface area contributed by atoms with Crippen LogP contribution in [0.5, 0.6) is 17.2 Å². The van der Waals surface area contributed by atoms with Crippen LogP contribution in [0.25, 0.3) is 0 Å². The Kier molecular flexibility index (Phi) is 4.33. The number of benzene rings is 1. The summed E-state index contributed by atoms with van der Waals surface area (Å²) in [6.45, 7) is 0. The van der Waals surface area contributed by atoms with Crippen LogP contribution < -0.4 is 19.5 Å². The average molecular weight is 335 g/mol. The molecule has 0 bridgehead atoms. The Hall–Kier alpha value is -2.35. The minimum atomic E-state index is -0.113. The van der Waals surface area contributed by atoms with Crippen LogP contribution >= 0.6 is 11.8 Å². The van der Waals surface area contributed by atoms with Crippen LogP contribution in [0.4, 0.5) is 5.82 Å². The number of hydrogen-bond acceptors (Lipinski definition) is 6. The Bertz CT molecular complexity index is 732. The van der Waals surface area contributed by atoms with Crippen LogP contribution in [0.2, 0.25) is 0 Å². The Labute approximate surface area is 137 Å². The van der Waals surface area contributed by atoms with E-state index in [0.717, 1.165) is 11.1 Å². The molecule has 3 rings (SSSR count). The summed E-state index contributed by atoms with van der Waals surface area (Å²) < 4.78 is 16.2. The van der Waals surface area contributed by atoms with Gasteiger partial charge in [-0.2, -0.15) is 5.10 Å². The van der Waals surface area contributed by atoms with Crippen LogP contribution in [0.1, 0.15) is 16.4 Å². The molecule has 23 heavy (non-hydrogen) atoms. The molecule has 0 fully saturated rings. The lowest BCUT2D eigenvalue weighted by atomic mass is 10.0. The van der Waals surface area contributed by atoms with E-state index in [-0.39, 0.29) is 11.2 Å². The third-order valence-electron chi connectivity index (χ3n) is 3.62. The number of thioether (sulfide) groups is 1. The van der Waals surface area contributed by atoms with Crippen molar-refractivity contribution in [3.63, 3.8) is 0 Å². The van der Waals surface area contributed by atoms with Gasteiger partial charge in [0.2, 0.25) is 5.91 Å². The molecular weight excluding hydrogens is 318 g/mol. The molecule has 2 N–H and O–H groups in total. The number of fused-ring (bicyclic) bond motifs is 1. The monoisotopic (exact) mass is 335 g/mol. The molecule has 1 aromatic carbocycles. The van der Waals surface area contributed by atoms with Gasteiger partial charge < -0.3 is 19.5 Å². The minimum absolute atomic E-state index is 0.0672. The number of carbonyl (C=O) groups excluding carboxylic acids is 1. The van der Waals surface area contributed by atoms with Gasteiger partial charge in [0.1, 0.15) is 11.6 Å². The zero-order chi connectivity index (χ0) is 16.4.